The molecule has 0 saturated heterocycles. The molecule has 0 fully saturated rings. The Kier molecular flexibility index (Phi) is 5.77. The largest absolute Gasteiger partial charge is 0.358 e. The van der Waals surface area contributed by atoms with Crippen molar-refractivity contribution in [1.82, 2.24) is 20.1 Å². The average molecular weight is 435 g/mol. The summed E-state index contributed by atoms with van der Waals surface area (Å²) in [5.41, 5.74) is 7.73. The number of nitrogens with one attached hydrogen (secondary N) is 2. The molecule has 0 unspecified atom stereocenters. The van der Waals surface area contributed by atoms with E-state index in [9.17, 15) is 4.79 Å². The second kappa shape index (κ2) is 9.17. The Morgan fingerprint density at radius 3 is 2.58 bits per heavy atom. The normalized spacial score (nSPS) is 11.1. The van der Waals surface area contributed by atoms with Gasteiger partial charge in [0.2, 0.25) is 5.91 Å². The first-order valence-electron chi connectivity index (χ1n) is 11.1. The molecule has 5 aromatic rings. The first-order valence-corrected chi connectivity index (χ1v) is 11.1. The standard InChI is InChI=1S/C28H26N4O/c1-20-26(25-9-4-5-10-27(25)31-20)17-28(33)29-18-23-7-2-3-8-24(23)22-13-11-21(12-14-22)19-32-16-6-15-30-32/h2-16,31H,17-19H2,1H3,(H,29,33). The van der Waals surface area contributed by atoms with Crippen molar-refractivity contribution in [2.75, 3.05) is 0 Å². The molecule has 0 aliphatic heterocycles. The molecule has 0 radical (unpaired) electrons. The first kappa shape index (κ1) is 20.8. The predicted molar refractivity (Wildman–Crippen MR) is 132 cm³/mol. The number of amides is 1. The summed E-state index contributed by atoms with van der Waals surface area (Å²) in [6.07, 6.45) is 4.11. The van der Waals surface area contributed by atoms with Crippen LogP contribution in [0.4, 0.5) is 0 Å². The van der Waals surface area contributed by atoms with Crippen LogP contribution >= 0.6 is 0 Å². The highest BCUT2D eigenvalue weighted by Crippen LogP contribution is 2.25. The number of hydrogen-bond donors (Lipinski definition) is 2. The number of para-hydroxylation sites is 1. The molecule has 3 aromatic carbocycles. The smallest absolute Gasteiger partial charge is 0.224 e. The molecule has 33 heavy (non-hydrogen) atoms. The monoisotopic (exact) mass is 434 g/mol. The van der Waals surface area contributed by atoms with Crippen LogP contribution in [-0.4, -0.2) is 20.7 Å². The number of benzene rings is 3. The van der Waals surface area contributed by atoms with E-state index in [1.165, 1.54) is 5.56 Å². The molecule has 1 amide bonds. The lowest BCUT2D eigenvalue weighted by Crippen LogP contribution is -2.25. The maximum Gasteiger partial charge on any atom is 0.224 e. The molecule has 5 nitrogen and oxygen atoms in total. The summed E-state index contributed by atoms with van der Waals surface area (Å²) in [5.74, 6) is 0.0206. The van der Waals surface area contributed by atoms with E-state index in [1.807, 2.05) is 54.2 Å². The highest BCUT2D eigenvalue weighted by molar-refractivity contribution is 5.90. The number of H-pyrrole nitrogens is 1. The Morgan fingerprint density at radius 1 is 0.970 bits per heavy atom. The molecule has 2 aromatic heterocycles. The van der Waals surface area contributed by atoms with E-state index in [4.69, 9.17) is 0 Å². The number of rotatable bonds is 7. The number of carbonyl (C=O) groups is 1. The van der Waals surface area contributed by atoms with Gasteiger partial charge in [-0.05, 0) is 46.9 Å². The van der Waals surface area contributed by atoms with Crippen LogP contribution in [0.15, 0.2) is 91.3 Å². The molecule has 0 spiro atoms. The van der Waals surface area contributed by atoms with Crippen molar-refractivity contribution < 1.29 is 4.79 Å². The minimum atomic E-state index is 0.0206. The molecule has 2 N–H and O–H groups in total. The quantitative estimate of drug-likeness (QED) is 0.368. The van der Waals surface area contributed by atoms with E-state index in [0.29, 0.717) is 13.0 Å². The molecule has 164 valence electrons. The lowest BCUT2D eigenvalue weighted by Gasteiger charge is -2.12. The fourth-order valence-electron chi connectivity index (χ4n) is 4.31. The van der Waals surface area contributed by atoms with Gasteiger partial charge in [0.05, 0.1) is 13.0 Å². The lowest BCUT2D eigenvalue weighted by atomic mass is 9.98. The maximum absolute atomic E-state index is 12.8. The zero-order valence-electron chi connectivity index (χ0n) is 18.6. The number of nitrogens with zero attached hydrogens (tertiary/aromatic N) is 2. The molecule has 0 aliphatic rings. The van der Waals surface area contributed by atoms with Gasteiger partial charge in [0.15, 0.2) is 0 Å². The van der Waals surface area contributed by atoms with E-state index in [0.717, 1.165) is 45.4 Å². The van der Waals surface area contributed by atoms with Crippen LogP contribution in [0.5, 0.6) is 0 Å². The Labute approximate surface area is 193 Å². The van der Waals surface area contributed by atoms with Crippen molar-refractivity contribution in [1.29, 1.82) is 0 Å². The summed E-state index contributed by atoms with van der Waals surface area (Å²) in [5, 5.41) is 8.50. The van der Waals surface area contributed by atoms with E-state index >= 15 is 0 Å². The molecular weight excluding hydrogens is 408 g/mol. The van der Waals surface area contributed by atoms with Gasteiger partial charge in [0.25, 0.3) is 0 Å². The fourth-order valence-corrected chi connectivity index (χ4v) is 4.31. The predicted octanol–water partition coefficient (Wildman–Crippen LogP) is 5.25. The van der Waals surface area contributed by atoms with Crippen LogP contribution in [0.3, 0.4) is 0 Å². The second-order valence-corrected chi connectivity index (χ2v) is 8.29. The van der Waals surface area contributed by atoms with E-state index in [1.54, 1.807) is 6.20 Å². The van der Waals surface area contributed by atoms with Crippen molar-refractivity contribution >= 4 is 16.8 Å². The number of hydrogen-bond acceptors (Lipinski definition) is 2. The van der Waals surface area contributed by atoms with Crippen molar-refractivity contribution in [2.45, 2.75) is 26.4 Å². The van der Waals surface area contributed by atoms with Crippen molar-refractivity contribution in [2.24, 2.45) is 0 Å². The van der Waals surface area contributed by atoms with Crippen LogP contribution in [-0.2, 0) is 24.3 Å². The van der Waals surface area contributed by atoms with Crippen LogP contribution < -0.4 is 5.32 Å². The molecule has 5 rings (SSSR count). The average Bonchev–Trinajstić information content (AvgIpc) is 3.46. The number of carbonyl (C=O) groups excluding carboxylic acids is 1. The highest BCUT2D eigenvalue weighted by Gasteiger charge is 2.13. The van der Waals surface area contributed by atoms with E-state index in [-0.39, 0.29) is 5.91 Å². The van der Waals surface area contributed by atoms with Gasteiger partial charge in [0.1, 0.15) is 0 Å². The Bertz CT molecular complexity index is 1380. The minimum absolute atomic E-state index is 0.0206. The summed E-state index contributed by atoms with van der Waals surface area (Å²) in [6, 6.07) is 26.8. The highest BCUT2D eigenvalue weighted by atomic mass is 16.1. The third-order valence-electron chi connectivity index (χ3n) is 6.03. The van der Waals surface area contributed by atoms with Gasteiger partial charge < -0.3 is 10.3 Å². The minimum Gasteiger partial charge on any atom is -0.358 e. The topological polar surface area (TPSA) is 62.7 Å². The fraction of sp³-hybridized carbons (Fsp3) is 0.143. The summed E-state index contributed by atoms with van der Waals surface area (Å²) in [7, 11) is 0. The third-order valence-corrected chi connectivity index (χ3v) is 6.03. The second-order valence-electron chi connectivity index (χ2n) is 8.29. The van der Waals surface area contributed by atoms with Gasteiger partial charge >= 0.3 is 0 Å². The molecule has 0 atom stereocenters. The van der Waals surface area contributed by atoms with Crippen molar-refractivity contribution in [3.8, 4) is 11.1 Å². The van der Waals surface area contributed by atoms with Gasteiger partial charge in [-0.3, -0.25) is 9.48 Å². The number of aromatic amines is 1. The van der Waals surface area contributed by atoms with Crippen LogP contribution in [0.25, 0.3) is 22.0 Å². The third kappa shape index (κ3) is 4.58. The Morgan fingerprint density at radius 2 is 1.76 bits per heavy atom. The molecule has 2 heterocycles. The molecule has 0 bridgehead atoms. The van der Waals surface area contributed by atoms with Crippen LogP contribution in [0, 0.1) is 6.92 Å². The lowest BCUT2D eigenvalue weighted by molar-refractivity contribution is -0.120. The Hall–Kier alpha value is -4.12. The number of aryl methyl sites for hydroxylation is 1. The van der Waals surface area contributed by atoms with Crippen molar-refractivity contribution in [3.63, 3.8) is 0 Å². The summed E-state index contributed by atoms with van der Waals surface area (Å²) in [4.78, 5) is 16.2. The summed E-state index contributed by atoms with van der Waals surface area (Å²) >= 11 is 0. The molecule has 5 heteroatoms. The summed E-state index contributed by atoms with van der Waals surface area (Å²) < 4.78 is 1.91. The first-order chi connectivity index (χ1) is 16.2. The van der Waals surface area contributed by atoms with Crippen LogP contribution in [0.1, 0.15) is 22.4 Å². The maximum atomic E-state index is 12.8. The molecular formula is C28H26N4O. The van der Waals surface area contributed by atoms with Gasteiger partial charge in [-0.1, -0.05) is 66.7 Å². The number of aromatic nitrogens is 3. The number of fused-ring (bicyclic) bond motifs is 1. The zero-order valence-corrected chi connectivity index (χ0v) is 18.6. The van der Waals surface area contributed by atoms with Gasteiger partial charge in [-0.25, -0.2) is 0 Å². The van der Waals surface area contributed by atoms with Gasteiger partial charge in [0, 0.05) is 35.5 Å². The van der Waals surface area contributed by atoms with Crippen molar-refractivity contribution in [3.05, 3.63) is 114 Å². The zero-order chi connectivity index (χ0) is 22.6. The SMILES string of the molecule is Cc1[nH]c2ccccc2c1CC(=O)NCc1ccccc1-c1ccc(Cn2cccn2)cc1. The molecule has 0 saturated carbocycles. The van der Waals surface area contributed by atoms with Gasteiger partial charge in [-0.2, -0.15) is 5.10 Å². The van der Waals surface area contributed by atoms with E-state index in [2.05, 4.69) is 57.9 Å². The van der Waals surface area contributed by atoms with Crippen LogP contribution in [0.2, 0.25) is 0 Å². The summed E-state index contributed by atoms with van der Waals surface area (Å²) in [6.45, 7) is 3.26. The molecule has 0 aliphatic carbocycles. The van der Waals surface area contributed by atoms with E-state index < -0.39 is 0 Å². The Balaban J connectivity index is 1.28. The van der Waals surface area contributed by atoms with Gasteiger partial charge in [-0.15, -0.1) is 0 Å².